The fourth-order valence-corrected chi connectivity index (χ4v) is 2.82. The van der Waals surface area contributed by atoms with Crippen molar-refractivity contribution in [1.29, 1.82) is 0 Å². The number of nitrogens with zero attached hydrogens (tertiary/aromatic N) is 3. The number of likely N-dealkylation sites (N-methyl/N-ethyl adjacent to an activating group) is 1. The highest BCUT2D eigenvalue weighted by Gasteiger charge is 2.18. The molecule has 0 aliphatic carbocycles. The molecule has 2 rings (SSSR count). The Bertz CT molecular complexity index is 465. The van der Waals surface area contributed by atoms with Crippen LogP contribution in [0.4, 0.5) is 0 Å². The minimum Gasteiger partial charge on any atom is -0.481 e. The van der Waals surface area contributed by atoms with Crippen molar-refractivity contribution in [3.63, 3.8) is 0 Å². The Morgan fingerprint density at radius 2 is 2.28 bits per heavy atom. The van der Waals surface area contributed by atoms with Gasteiger partial charge in [-0.2, -0.15) is 0 Å². The second-order valence-electron chi connectivity index (χ2n) is 4.50. The maximum atomic E-state index is 10.5. The van der Waals surface area contributed by atoms with Crippen molar-refractivity contribution >= 4 is 17.7 Å². The summed E-state index contributed by atoms with van der Waals surface area (Å²) in [5, 5.41) is 9.31. The zero-order valence-electron chi connectivity index (χ0n) is 10.6. The molecule has 0 spiro atoms. The summed E-state index contributed by atoms with van der Waals surface area (Å²) in [6.07, 6.45) is 1.09. The van der Waals surface area contributed by atoms with Crippen LogP contribution in [0.1, 0.15) is 23.4 Å². The maximum absolute atomic E-state index is 10.5. The molecule has 0 saturated carbocycles. The zero-order chi connectivity index (χ0) is 13.1. The molecule has 98 valence electrons. The van der Waals surface area contributed by atoms with Crippen LogP contribution in [-0.4, -0.2) is 45.3 Å². The van der Waals surface area contributed by atoms with Crippen molar-refractivity contribution in [3.8, 4) is 0 Å². The van der Waals surface area contributed by atoms with Crippen molar-refractivity contribution < 1.29 is 9.90 Å². The smallest absolute Gasteiger partial charge is 0.304 e. The van der Waals surface area contributed by atoms with Gasteiger partial charge in [-0.1, -0.05) is 11.8 Å². The molecule has 0 bridgehead atoms. The first kappa shape index (κ1) is 13.3. The SMILES string of the molecule is Cc1nc(SCCC(=O)O)nc2c1CN(C)CC2. The second kappa shape index (κ2) is 5.67. The van der Waals surface area contributed by atoms with Gasteiger partial charge in [0.2, 0.25) is 0 Å². The highest BCUT2D eigenvalue weighted by molar-refractivity contribution is 7.99. The molecule has 0 fully saturated rings. The summed E-state index contributed by atoms with van der Waals surface area (Å²) >= 11 is 1.42. The molecule has 2 heterocycles. The van der Waals surface area contributed by atoms with E-state index in [2.05, 4.69) is 21.9 Å². The standard InChI is InChI=1S/C12H17N3O2S/c1-8-9-7-15(2)5-3-10(9)14-12(13-8)18-6-4-11(16)17/h3-7H2,1-2H3,(H,16,17). The first-order chi connectivity index (χ1) is 8.56. The second-order valence-corrected chi connectivity index (χ2v) is 5.56. The summed E-state index contributed by atoms with van der Waals surface area (Å²) in [6.45, 7) is 3.92. The lowest BCUT2D eigenvalue weighted by Crippen LogP contribution is -2.28. The molecule has 5 nitrogen and oxygen atoms in total. The number of aryl methyl sites for hydroxylation is 1. The maximum Gasteiger partial charge on any atom is 0.304 e. The van der Waals surface area contributed by atoms with Gasteiger partial charge in [-0.05, 0) is 14.0 Å². The van der Waals surface area contributed by atoms with Crippen LogP contribution in [0.3, 0.4) is 0 Å². The first-order valence-corrected chi connectivity index (χ1v) is 6.94. The molecule has 18 heavy (non-hydrogen) atoms. The van der Waals surface area contributed by atoms with Gasteiger partial charge in [-0.25, -0.2) is 9.97 Å². The van der Waals surface area contributed by atoms with Gasteiger partial charge in [0.25, 0.3) is 0 Å². The van der Waals surface area contributed by atoms with Crippen LogP contribution in [0.2, 0.25) is 0 Å². The van der Waals surface area contributed by atoms with Gasteiger partial charge in [-0.15, -0.1) is 0 Å². The largest absolute Gasteiger partial charge is 0.481 e. The highest BCUT2D eigenvalue weighted by atomic mass is 32.2. The topological polar surface area (TPSA) is 66.3 Å². The monoisotopic (exact) mass is 267 g/mol. The third-order valence-electron chi connectivity index (χ3n) is 2.98. The van der Waals surface area contributed by atoms with Crippen molar-refractivity contribution in [2.24, 2.45) is 0 Å². The van der Waals surface area contributed by atoms with Gasteiger partial charge in [0.05, 0.1) is 12.1 Å². The molecule has 1 aliphatic rings. The van der Waals surface area contributed by atoms with E-state index in [-0.39, 0.29) is 6.42 Å². The molecule has 1 aromatic rings. The summed E-state index contributed by atoms with van der Waals surface area (Å²) < 4.78 is 0. The van der Waals surface area contributed by atoms with Crippen molar-refractivity contribution in [2.75, 3.05) is 19.3 Å². The Morgan fingerprint density at radius 1 is 1.50 bits per heavy atom. The number of thioether (sulfide) groups is 1. The van der Waals surface area contributed by atoms with Crippen LogP contribution in [0.15, 0.2) is 5.16 Å². The van der Waals surface area contributed by atoms with Gasteiger partial charge in [0.1, 0.15) is 0 Å². The third-order valence-corrected chi connectivity index (χ3v) is 3.83. The van der Waals surface area contributed by atoms with E-state index in [4.69, 9.17) is 5.11 Å². The Kier molecular flexibility index (Phi) is 4.19. The van der Waals surface area contributed by atoms with Crippen LogP contribution in [-0.2, 0) is 17.8 Å². The van der Waals surface area contributed by atoms with Crippen molar-refractivity contribution in [2.45, 2.75) is 31.5 Å². The summed E-state index contributed by atoms with van der Waals surface area (Å²) in [6, 6.07) is 0. The van der Waals surface area contributed by atoms with Gasteiger partial charge in [-0.3, -0.25) is 4.79 Å². The molecular formula is C12H17N3O2S. The van der Waals surface area contributed by atoms with E-state index >= 15 is 0 Å². The van der Waals surface area contributed by atoms with E-state index in [9.17, 15) is 4.79 Å². The minimum atomic E-state index is -0.779. The average molecular weight is 267 g/mol. The normalized spacial score (nSPS) is 15.4. The minimum absolute atomic E-state index is 0.146. The molecule has 1 aromatic heterocycles. The van der Waals surface area contributed by atoms with E-state index < -0.39 is 5.97 Å². The Labute approximate surface area is 111 Å². The first-order valence-electron chi connectivity index (χ1n) is 5.96. The van der Waals surface area contributed by atoms with Crippen LogP contribution in [0, 0.1) is 6.92 Å². The van der Waals surface area contributed by atoms with E-state index in [0.29, 0.717) is 10.9 Å². The fourth-order valence-electron chi connectivity index (χ4n) is 1.98. The van der Waals surface area contributed by atoms with Crippen LogP contribution in [0.5, 0.6) is 0 Å². The fraction of sp³-hybridized carbons (Fsp3) is 0.583. The number of rotatable bonds is 4. The summed E-state index contributed by atoms with van der Waals surface area (Å²) in [5.74, 6) is -0.258. The molecule has 0 aromatic carbocycles. The van der Waals surface area contributed by atoms with Crippen molar-refractivity contribution in [1.82, 2.24) is 14.9 Å². The summed E-state index contributed by atoms with van der Waals surface area (Å²) in [7, 11) is 2.10. The number of hydrogen-bond acceptors (Lipinski definition) is 5. The molecule has 6 heteroatoms. The zero-order valence-corrected chi connectivity index (χ0v) is 11.5. The van der Waals surface area contributed by atoms with Crippen LogP contribution in [0.25, 0.3) is 0 Å². The predicted molar refractivity (Wildman–Crippen MR) is 69.8 cm³/mol. The number of carboxylic acids is 1. The quantitative estimate of drug-likeness (QED) is 0.656. The van der Waals surface area contributed by atoms with Gasteiger partial charge >= 0.3 is 5.97 Å². The van der Waals surface area contributed by atoms with Crippen molar-refractivity contribution in [3.05, 3.63) is 17.0 Å². The highest BCUT2D eigenvalue weighted by Crippen LogP contribution is 2.22. The average Bonchev–Trinajstić information content (AvgIpc) is 2.30. The molecule has 0 saturated heterocycles. The number of aliphatic carboxylic acids is 1. The molecule has 0 unspecified atom stereocenters. The number of carboxylic acid groups (broad SMARTS) is 1. The molecule has 0 radical (unpaired) electrons. The number of hydrogen-bond donors (Lipinski definition) is 1. The molecule has 0 atom stereocenters. The third kappa shape index (κ3) is 3.20. The Balaban J connectivity index is 2.10. The number of fused-ring (bicyclic) bond motifs is 1. The lowest BCUT2D eigenvalue weighted by molar-refractivity contribution is -0.136. The Morgan fingerprint density at radius 3 is 3.00 bits per heavy atom. The number of carbonyl (C=O) groups is 1. The van der Waals surface area contributed by atoms with Gasteiger partial charge < -0.3 is 10.0 Å². The molecule has 0 amide bonds. The van der Waals surface area contributed by atoms with Gasteiger partial charge in [0.15, 0.2) is 5.16 Å². The predicted octanol–water partition coefficient (Wildman–Crippen LogP) is 1.34. The summed E-state index contributed by atoms with van der Waals surface area (Å²) in [5.41, 5.74) is 3.37. The molecule has 1 aliphatic heterocycles. The lowest BCUT2D eigenvalue weighted by Gasteiger charge is -2.25. The van der Waals surface area contributed by atoms with E-state index in [1.807, 2.05) is 6.92 Å². The molecular weight excluding hydrogens is 250 g/mol. The van der Waals surface area contributed by atoms with E-state index in [1.165, 1.54) is 17.3 Å². The number of aromatic nitrogens is 2. The van der Waals surface area contributed by atoms with E-state index in [0.717, 1.165) is 30.9 Å². The van der Waals surface area contributed by atoms with Crippen LogP contribution < -0.4 is 0 Å². The van der Waals surface area contributed by atoms with Gasteiger partial charge in [0, 0.05) is 36.5 Å². The summed E-state index contributed by atoms with van der Waals surface area (Å²) in [4.78, 5) is 21.7. The van der Waals surface area contributed by atoms with E-state index in [1.54, 1.807) is 0 Å². The Hall–Kier alpha value is -1.14. The van der Waals surface area contributed by atoms with Crippen LogP contribution >= 0.6 is 11.8 Å². The lowest BCUT2D eigenvalue weighted by atomic mass is 10.1. The molecule has 1 N–H and O–H groups in total.